The molecule has 0 saturated heterocycles. The third-order valence-electron chi connectivity index (χ3n) is 4.92. The van der Waals surface area contributed by atoms with Crippen molar-refractivity contribution in [3.8, 4) is 11.5 Å². The molecule has 6 heteroatoms. The molecule has 0 aliphatic heterocycles. The lowest BCUT2D eigenvalue weighted by Gasteiger charge is -2.38. The van der Waals surface area contributed by atoms with Crippen molar-refractivity contribution in [3.05, 3.63) is 59.7 Å². The van der Waals surface area contributed by atoms with E-state index in [9.17, 15) is 9.59 Å². The van der Waals surface area contributed by atoms with E-state index in [4.69, 9.17) is 32.7 Å². The van der Waals surface area contributed by atoms with Gasteiger partial charge in [0.25, 0.3) is 0 Å². The highest BCUT2D eigenvalue weighted by Gasteiger charge is 2.35. The third kappa shape index (κ3) is 4.19. The Bertz CT molecular complexity index is 717. The van der Waals surface area contributed by atoms with E-state index in [1.54, 1.807) is 24.3 Å². The molecule has 0 atom stereocenters. The van der Waals surface area contributed by atoms with Gasteiger partial charge in [0.15, 0.2) is 0 Å². The van der Waals surface area contributed by atoms with E-state index in [1.165, 1.54) is 6.42 Å². The number of ether oxygens (including phenoxy) is 2. The van der Waals surface area contributed by atoms with Gasteiger partial charge in [0, 0.05) is 28.6 Å². The van der Waals surface area contributed by atoms with Crippen LogP contribution < -0.4 is 9.47 Å². The molecule has 0 amide bonds. The Balaban J connectivity index is 1.93. The van der Waals surface area contributed by atoms with Crippen molar-refractivity contribution in [2.45, 2.75) is 37.5 Å². The lowest BCUT2D eigenvalue weighted by Crippen LogP contribution is -2.30. The van der Waals surface area contributed by atoms with Crippen LogP contribution >= 0.6 is 23.2 Å². The normalized spacial score (nSPS) is 15.9. The number of carbonyl (C=O) groups is 2. The minimum atomic E-state index is -0.852. The Morgan fingerprint density at radius 3 is 1.42 bits per heavy atom. The number of hydrogen-bond acceptors (Lipinski definition) is 4. The molecule has 0 unspecified atom stereocenters. The molecule has 0 radical (unpaired) electrons. The molecule has 4 nitrogen and oxygen atoms in total. The van der Waals surface area contributed by atoms with Crippen molar-refractivity contribution in [1.29, 1.82) is 0 Å². The highest BCUT2D eigenvalue weighted by molar-refractivity contribution is 6.61. The molecule has 2 aromatic carbocycles. The van der Waals surface area contributed by atoms with Crippen molar-refractivity contribution >= 4 is 34.1 Å². The highest BCUT2D eigenvalue weighted by atomic mass is 35.5. The van der Waals surface area contributed by atoms with Crippen LogP contribution in [0.4, 0.5) is 9.59 Å². The SMILES string of the molecule is O=C(Cl)Oc1ccc(C2(c3ccc(OC(=O)Cl)cc3)CCCCC2)cc1. The Hall–Kier alpha value is -2.04. The van der Waals surface area contributed by atoms with E-state index in [0.29, 0.717) is 11.5 Å². The summed E-state index contributed by atoms with van der Waals surface area (Å²) in [5.41, 5.74) is 0.497. The first kappa shape index (κ1) is 18.7. The minimum absolute atomic E-state index is 0.120. The van der Waals surface area contributed by atoms with Crippen LogP contribution in [-0.4, -0.2) is 10.9 Å². The van der Waals surface area contributed by atoms with Crippen LogP contribution in [0, 0.1) is 0 Å². The van der Waals surface area contributed by atoms with Gasteiger partial charge in [0.2, 0.25) is 0 Å². The van der Waals surface area contributed by atoms with Gasteiger partial charge in [-0.2, -0.15) is 0 Å². The van der Waals surface area contributed by atoms with Crippen molar-refractivity contribution in [1.82, 2.24) is 0 Å². The molecule has 3 rings (SSSR count). The lowest BCUT2D eigenvalue weighted by molar-refractivity contribution is 0.224. The smallest absolute Gasteiger partial charge is 0.409 e. The lowest BCUT2D eigenvalue weighted by atomic mass is 9.65. The molecule has 1 aliphatic rings. The summed E-state index contributed by atoms with van der Waals surface area (Å²) in [6, 6.07) is 15.0. The topological polar surface area (TPSA) is 52.6 Å². The van der Waals surface area contributed by atoms with Gasteiger partial charge in [-0.25, -0.2) is 9.59 Å². The van der Waals surface area contributed by atoms with Gasteiger partial charge < -0.3 is 9.47 Å². The quantitative estimate of drug-likeness (QED) is 0.563. The molecule has 136 valence electrons. The summed E-state index contributed by atoms with van der Waals surface area (Å²) in [5.74, 6) is 0.841. The molecule has 0 spiro atoms. The Kier molecular flexibility index (Phi) is 5.84. The predicted molar refractivity (Wildman–Crippen MR) is 101 cm³/mol. The molecular formula is C20H18Cl2O4. The maximum absolute atomic E-state index is 10.9. The number of benzene rings is 2. The average Bonchev–Trinajstić information content (AvgIpc) is 2.62. The van der Waals surface area contributed by atoms with Crippen molar-refractivity contribution < 1.29 is 19.1 Å². The van der Waals surface area contributed by atoms with E-state index in [-0.39, 0.29) is 5.41 Å². The molecule has 0 heterocycles. The van der Waals surface area contributed by atoms with E-state index in [1.807, 2.05) is 24.3 Å². The van der Waals surface area contributed by atoms with E-state index < -0.39 is 10.9 Å². The fourth-order valence-corrected chi connectivity index (χ4v) is 3.95. The van der Waals surface area contributed by atoms with Crippen molar-refractivity contribution in [2.24, 2.45) is 0 Å². The zero-order valence-corrected chi connectivity index (χ0v) is 15.6. The Labute approximate surface area is 162 Å². The van der Waals surface area contributed by atoms with Crippen molar-refractivity contribution in [2.75, 3.05) is 0 Å². The summed E-state index contributed by atoms with van der Waals surface area (Å²) >= 11 is 10.5. The van der Waals surface area contributed by atoms with Crippen LogP contribution in [0.2, 0.25) is 0 Å². The fourth-order valence-electron chi connectivity index (χ4n) is 3.77. The minimum Gasteiger partial charge on any atom is -0.415 e. The molecular weight excluding hydrogens is 375 g/mol. The van der Waals surface area contributed by atoms with Gasteiger partial charge in [-0.05, 0) is 48.2 Å². The predicted octanol–water partition coefficient (Wildman–Crippen LogP) is 6.41. The molecule has 26 heavy (non-hydrogen) atoms. The number of halogens is 2. The number of hydrogen-bond donors (Lipinski definition) is 0. The maximum Gasteiger partial charge on any atom is 0.409 e. The summed E-state index contributed by atoms with van der Waals surface area (Å²) in [5, 5.41) is 0. The number of carbonyl (C=O) groups excluding carboxylic acids is 2. The first-order valence-corrected chi connectivity index (χ1v) is 9.21. The summed E-state index contributed by atoms with van der Waals surface area (Å²) in [7, 11) is 0. The van der Waals surface area contributed by atoms with Crippen molar-refractivity contribution in [3.63, 3.8) is 0 Å². The summed E-state index contributed by atoms with van der Waals surface area (Å²) in [4.78, 5) is 21.8. The molecule has 0 aromatic heterocycles. The summed E-state index contributed by atoms with van der Waals surface area (Å²) < 4.78 is 9.83. The molecule has 0 N–H and O–H groups in total. The van der Waals surface area contributed by atoms with Gasteiger partial charge in [0.05, 0.1) is 0 Å². The highest BCUT2D eigenvalue weighted by Crippen LogP contribution is 2.45. The van der Waals surface area contributed by atoms with E-state index in [2.05, 4.69) is 0 Å². The summed E-state index contributed by atoms with van der Waals surface area (Å²) in [6.45, 7) is 0. The van der Waals surface area contributed by atoms with Gasteiger partial charge in [-0.3, -0.25) is 0 Å². The van der Waals surface area contributed by atoms with E-state index >= 15 is 0 Å². The second kappa shape index (κ2) is 8.11. The number of rotatable bonds is 4. The van der Waals surface area contributed by atoms with Crippen LogP contribution in [0.1, 0.15) is 43.2 Å². The molecule has 1 aliphatic carbocycles. The second-order valence-corrected chi connectivity index (χ2v) is 6.99. The van der Waals surface area contributed by atoms with Crippen LogP contribution in [0.25, 0.3) is 0 Å². The zero-order valence-electron chi connectivity index (χ0n) is 14.0. The average molecular weight is 393 g/mol. The molecule has 1 saturated carbocycles. The van der Waals surface area contributed by atoms with Gasteiger partial charge in [-0.15, -0.1) is 0 Å². The van der Waals surface area contributed by atoms with Crippen LogP contribution in [0.5, 0.6) is 11.5 Å². The van der Waals surface area contributed by atoms with Crippen LogP contribution in [0.3, 0.4) is 0 Å². The fraction of sp³-hybridized carbons (Fsp3) is 0.300. The standard InChI is InChI=1S/C20H18Cl2O4/c21-18(23)25-16-8-4-14(5-9-16)20(12-2-1-3-13-20)15-6-10-17(11-7-15)26-19(22)24/h4-11H,1-3,12-13H2. The zero-order chi connectivity index (χ0) is 18.6. The molecule has 0 bridgehead atoms. The monoisotopic (exact) mass is 392 g/mol. The van der Waals surface area contributed by atoms with Gasteiger partial charge in [-0.1, -0.05) is 43.5 Å². The third-order valence-corrected chi connectivity index (χ3v) is 5.07. The maximum atomic E-state index is 10.9. The second-order valence-electron chi connectivity index (χ2n) is 6.37. The first-order valence-electron chi connectivity index (χ1n) is 8.45. The Morgan fingerprint density at radius 2 is 1.08 bits per heavy atom. The first-order chi connectivity index (χ1) is 12.5. The Morgan fingerprint density at radius 1 is 0.692 bits per heavy atom. The van der Waals surface area contributed by atoms with Crippen LogP contribution in [0.15, 0.2) is 48.5 Å². The largest absolute Gasteiger partial charge is 0.415 e. The van der Waals surface area contributed by atoms with Gasteiger partial charge >= 0.3 is 10.9 Å². The van der Waals surface area contributed by atoms with E-state index in [0.717, 1.165) is 36.8 Å². The summed E-state index contributed by atoms with van der Waals surface area (Å²) in [6.07, 6.45) is 5.53. The molecule has 2 aromatic rings. The van der Waals surface area contributed by atoms with Gasteiger partial charge in [0.1, 0.15) is 11.5 Å². The van der Waals surface area contributed by atoms with Crippen LogP contribution in [-0.2, 0) is 5.41 Å². The molecule has 1 fully saturated rings.